The molecule has 1 aromatic carbocycles. The molecule has 1 amide bonds. The van der Waals surface area contributed by atoms with Crippen LogP contribution in [0.5, 0.6) is 5.75 Å². The van der Waals surface area contributed by atoms with E-state index in [-0.39, 0.29) is 18.6 Å². The van der Waals surface area contributed by atoms with Gasteiger partial charge in [0.2, 0.25) is 0 Å². The number of aliphatic carboxylic acids is 1. The molecule has 0 radical (unpaired) electrons. The second-order valence-corrected chi connectivity index (χ2v) is 5.59. The Morgan fingerprint density at radius 3 is 2.91 bits per heavy atom. The van der Waals surface area contributed by atoms with E-state index < -0.39 is 5.97 Å². The lowest BCUT2D eigenvalue weighted by Crippen LogP contribution is -2.36. The number of rotatable bonds is 8. The molecular weight excluding hydrogens is 298 g/mol. The summed E-state index contributed by atoms with van der Waals surface area (Å²) in [5.41, 5.74) is 0.435. The molecule has 126 valence electrons. The average Bonchev–Trinajstić information content (AvgIpc) is 3.05. The molecule has 1 aliphatic rings. The monoisotopic (exact) mass is 321 g/mol. The van der Waals surface area contributed by atoms with Crippen LogP contribution in [0.1, 0.15) is 36.5 Å². The SMILES string of the molecule is CCCN(CC(=O)O)C(=O)c1cccc(OCC2CCCO2)c1. The third-order valence-electron chi connectivity index (χ3n) is 3.65. The third-order valence-corrected chi connectivity index (χ3v) is 3.65. The third kappa shape index (κ3) is 5.25. The van der Waals surface area contributed by atoms with E-state index in [0.717, 1.165) is 19.4 Å². The van der Waals surface area contributed by atoms with Crippen molar-refractivity contribution in [2.45, 2.75) is 32.3 Å². The van der Waals surface area contributed by atoms with Crippen LogP contribution in [0, 0.1) is 0 Å². The molecule has 0 saturated carbocycles. The quantitative estimate of drug-likeness (QED) is 0.794. The maximum Gasteiger partial charge on any atom is 0.323 e. The fraction of sp³-hybridized carbons (Fsp3) is 0.529. The molecule has 1 aromatic rings. The van der Waals surface area contributed by atoms with Crippen molar-refractivity contribution in [3.63, 3.8) is 0 Å². The largest absolute Gasteiger partial charge is 0.491 e. The maximum atomic E-state index is 12.5. The lowest BCUT2D eigenvalue weighted by atomic mass is 10.1. The Balaban J connectivity index is 2.01. The normalized spacial score (nSPS) is 17.0. The summed E-state index contributed by atoms with van der Waals surface area (Å²) in [6, 6.07) is 6.85. The van der Waals surface area contributed by atoms with Crippen LogP contribution in [-0.2, 0) is 9.53 Å². The van der Waals surface area contributed by atoms with Gasteiger partial charge in [0.15, 0.2) is 0 Å². The van der Waals surface area contributed by atoms with E-state index in [1.807, 2.05) is 6.92 Å². The number of ether oxygens (including phenoxy) is 2. The number of carboxylic acid groups (broad SMARTS) is 1. The van der Waals surface area contributed by atoms with Gasteiger partial charge in [-0.3, -0.25) is 9.59 Å². The molecule has 0 bridgehead atoms. The van der Waals surface area contributed by atoms with Gasteiger partial charge in [-0.05, 0) is 37.5 Å². The molecular formula is C17H23NO5. The van der Waals surface area contributed by atoms with E-state index in [9.17, 15) is 9.59 Å². The van der Waals surface area contributed by atoms with E-state index >= 15 is 0 Å². The van der Waals surface area contributed by atoms with E-state index in [2.05, 4.69) is 0 Å². The van der Waals surface area contributed by atoms with Crippen molar-refractivity contribution in [2.24, 2.45) is 0 Å². The first kappa shape index (κ1) is 17.3. The van der Waals surface area contributed by atoms with Gasteiger partial charge >= 0.3 is 5.97 Å². The Morgan fingerprint density at radius 2 is 2.26 bits per heavy atom. The number of amides is 1. The minimum atomic E-state index is -1.02. The number of hydrogen-bond donors (Lipinski definition) is 1. The Labute approximate surface area is 136 Å². The van der Waals surface area contributed by atoms with Gasteiger partial charge in [-0.2, -0.15) is 0 Å². The molecule has 1 N–H and O–H groups in total. The first-order chi connectivity index (χ1) is 11.1. The second-order valence-electron chi connectivity index (χ2n) is 5.59. The molecule has 2 rings (SSSR count). The fourth-order valence-corrected chi connectivity index (χ4v) is 2.55. The zero-order valence-electron chi connectivity index (χ0n) is 13.4. The first-order valence-electron chi connectivity index (χ1n) is 7.95. The Hall–Kier alpha value is -2.08. The highest BCUT2D eigenvalue weighted by Crippen LogP contribution is 2.18. The van der Waals surface area contributed by atoms with Gasteiger partial charge in [-0.1, -0.05) is 13.0 Å². The first-order valence-corrected chi connectivity index (χ1v) is 7.95. The van der Waals surface area contributed by atoms with Gasteiger partial charge in [-0.15, -0.1) is 0 Å². The zero-order chi connectivity index (χ0) is 16.7. The highest BCUT2D eigenvalue weighted by atomic mass is 16.5. The van der Waals surface area contributed by atoms with Gasteiger partial charge in [-0.25, -0.2) is 0 Å². The van der Waals surface area contributed by atoms with E-state index in [4.69, 9.17) is 14.6 Å². The molecule has 0 aliphatic carbocycles. The maximum absolute atomic E-state index is 12.5. The highest BCUT2D eigenvalue weighted by molar-refractivity contribution is 5.96. The smallest absolute Gasteiger partial charge is 0.323 e. The Morgan fingerprint density at radius 1 is 1.43 bits per heavy atom. The molecule has 1 saturated heterocycles. The van der Waals surface area contributed by atoms with Crippen LogP contribution in [-0.4, -0.2) is 54.3 Å². The van der Waals surface area contributed by atoms with Crippen molar-refractivity contribution in [1.82, 2.24) is 4.90 Å². The molecule has 23 heavy (non-hydrogen) atoms. The van der Waals surface area contributed by atoms with Gasteiger partial charge in [0.1, 0.15) is 18.9 Å². The van der Waals surface area contributed by atoms with Gasteiger partial charge in [0, 0.05) is 18.7 Å². The molecule has 0 aromatic heterocycles. The standard InChI is InChI=1S/C17H23NO5/c1-2-8-18(11-16(19)20)17(21)13-5-3-6-14(10-13)23-12-15-7-4-9-22-15/h3,5-6,10,15H,2,4,7-9,11-12H2,1H3,(H,19,20). The van der Waals surface area contributed by atoms with Crippen LogP contribution in [0.4, 0.5) is 0 Å². The number of hydrogen-bond acceptors (Lipinski definition) is 4. The molecule has 1 heterocycles. The molecule has 0 spiro atoms. The molecule has 6 nitrogen and oxygen atoms in total. The van der Waals surface area contributed by atoms with Crippen molar-refractivity contribution in [2.75, 3.05) is 26.3 Å². The lowest BCUT2D eigenvalue weighted by Gasteiger charge is -2.20. The summed E-state index contributed by atoms with van der Waals surface area (Å²) in [5, 5.41) is 8.93. The number of carboxylic acids is 1. The summed E-state index contributed by atoms with van der Waals surface area (Å²) in [6.45, 7) is 3.25. The summed E-state index contributed by atoms with van der Waals surface area (Å²) >= 11 is 0. The van der Waals surface area contributed by atoms with Crippen LogP contribution in [0.15, 0.2) is 24.3 Å². The van der Waals surface area contributed by atoms with Gasteiger partial charge < -0.3 is 19.5 Å². The highest BCUT2D eigenvalue weighted by Gasteiger charge is 2.19. The molecule has 6 heteroatoms. The predicted octanol–water partition coefficient (Wildman–Crippen LogP) is 2.18. The summed E-state index contributed by atoms with van der Waals surface area (Å²) in [7, 11) is 0. The molecule has 1 atom stereocenters. The van der Waals surface area contributed by atoms with Crippen molar-refractivity contribution < 1.29 is 24.2 Å². The second kappa shape index (κ2) is 8.53. The molecule has 1 fully saturated rings. The van der Waals surface area contributed by atoms with Crippen molar-refractivity contribution in [3.05, 3.63) is 29.8 Å². The van der Waals surface area contributed by atoms with E-state index in [1.165, 1.54) is 4.90 Å². The summed E-state index contributed by atoms with van der Waals surface area (Å²) in [4.78, 5) is 24.7. The van der Waals surface area contributed by atoms with Gasteiger partial charge in [0.05, 0.1) is 6.10 Å². The summed E-state index contributed by atoms with van der Waals surface area (Å²) in [5.74, 6) is -0.715. The van der Waals surface area contributed by atoms with Crippen LogP contribution in [0.3, 0.4) is 0 Å². The van der Waals surface area contributed by atoms with Crippen molar-refractivity contribution >= 4 is 11.9 Å². The van der Waals surface area contributed by atoms with Crippen LogP contribution in [0.2, 0.25) is 0 Å². The summed E-state index contributed by atoms with van der Waals surface area (Å²) < 4.78 is 11.2. The number of carbonyl (C=O) groups excluding carboxylic acids is 1. The number of benzene rings is 1. The fourth-order valence-electron chi connectivity index (χ4n) is 2.55. The number of carbonyl (C=O) groups is 2. The van der Waals surface area contributed by atoms with Crippen molar-refractivity contribution in [3.8, 4) is 5.75 Å². The van der Waals surface area contributed by atoms with Crippen LogP contribution < -0.4 is 4.74 Å². The Kier molecular flexibility index (Phi) is 6.40. The van der Waals surface area contributed by atoms with Crippen LogP contribution in [0.25, 0.3) is 0 Å². The predicted molar refractivity (Wildman–Crippen MR) is 84.7 cm³/mol. The minimum absolute atomic E-state index is 0.109. The zero-order valence-corrected chi connectivity index (χ0v) is 13.4. The number of nitrogens with zero attached hydrogens (tertiary/aromatic N) is 1. The van der Waals surface area contributed by atoms with Crippen molar-refractivity contribution in [1.29, 1.82) is 0 Å². The topological polar surface area (TPSA) is 76.1 Å². The Bertz CT molecular complexity index is 540. The van der Waals surface area contributed by atoms with E-state index in [0.29, 0.717) is 30.9 Å². The average molecular weight is 321 g/mol. The van der Waals surface area contributed by atoms with Crippen LogP contribution >= 0.6 is 0 Å². The minimum Gasteiger partial charge on any atom is -0.491 e. The summed E-state index contributed by atoms with van der Waals surface area (Å²) in [6.07, 6.45) is 2.85. The lowest BCUT2D eigenvalue weighted by molar-refractivity contribution is -0.137. The van der Waals surface area contributed by atoms with Gasteiger partial charge in [0.25, 0.3) is 5.91 Å². The molecule has 1 unspecified atom stereocenters. The van der Waals surface area contributed by atoms with E-state index in [1.54, 1.807) is 24.3 Å². The molecule has 1 aliphatic heterocycles.